The first kappa shape index (κ1) is 22.8. The van der Waals surface area contributed by atoms with E-state index in [0.717, 1.165) is 12.8 Å². The number of fused-ring (bicyclic) bond motifs is 1. The molecule has 2 aromatic heterocycles. The van der Waals surface area contributed by atoms with Gasteiger partial charge in [-0.2, -0.15) is 5.26 Å². The molecule has 178 valence electrons. The molecule has 0 bridgehead atoms. The summed E-state index contributed by atoms with van der Waals surface area (Å²) in [6.45, 7) is 0.801. The lowest BCUT2D eigenvalue weighted by Crippen LogP contribution is -2.57. The summed E-state index contributed by atoms with van der Waals surface area (Å²) in [5.41, 5.74) is 2.67. The molecular formula is C24H23ClN8O2. The van der Waals surface area contributed by atoms with Gasteiger partial charge in [-0.15, -0.1) is 0 Å². The summed E-state index contributed by atoms with van der Waals surface area (Å²) in [7, 11) is 1.74. The van der Waals surface area contributed by atoms with Crippen LogP contribution >= 0.6 is 11.6 Å². The number of aromatic nitrogens is 3. The van der Waals surface area contributed by atoms with Crippen molar-refractivity contribution in [2.45, 2.75) is 18.9 Å². The smallest absolute Gasteiger partial charge is 0.255 e. The normalized spacial score (nSPS) is 16.3. The first-order valence-corrected chi connectivity index (χ1v) is 11.7. The van der Waals surface area contributed by atoms with Gasteiger partial charge in [0.2, 0.25) is 5.91 Å². The maximum Gasteiger partial charge on any atom is 0.255 e. The largest absolute Gasteiger partial charge is 0.388 e. The minimum absolute atomic E-state index is 0.0949. The highest BCUT2D eigenvalue weighted by Gasteiger charge is 2.43. The third-order valence-corrected chi connectivity index (χ3v) is 6.66. The van der Waals surface area contributed by atoms with E-state index in [4.69, 9.17) is 22.3 Å². The van der Waals surface area contributed by atoms with Crippen molar-refractivity contribution in [1.82, 2.24) is 25.2 Å². The second kappa shape index (κ2) is 9.00. The minimum Gasteiger partial charge on any atom is -0.388 e. The van der Waals surface area contributed by atoms with Crippen molar-refractivity contribution >= 4 is 46.0 Å². The molecule has 2 amide bonds. The maximum atomic E-state index is 13.2. The average Bonchev–Trinajstić information content (AvgIpc) is 3.58. The summed E-state index contributed by atoms with van der Waals surface area (Å²) in [5, 5.41) is 24.1. The molecule has 5 rings (SSSR count). The highest BCUT2D eigenvalue weighted by Crippen LogP contribution is 2.35. The van der Waals surface area contributed by atoms with Crippen LogP contribution in [0, 0.1) is 28.6 Å². The third kappa shape index (κ3) is 4.31. The number of aromatic amines is 1. The monoisotopic (exact) mass is 490 g/mol. The fraction of sp³-hybridized carbons (Fsp3) is 0.333. The van der Waals surface area contributed by atoms with E-state index >= 15 is 0 Å². The Labute approximate surface area is 206 Å². The van der Waals surface area contributed by atoms with Crippen LogP contribution in [0.4, 0.5) is 5.69 Å². The van der Waals surface area contributed by atoms with E-state index in [1.165, 1.54) is 12.4 Å². The SMILES string of the molecule is CNc1cc(Cl)ccc1C(=N)c1cnc2[nH]cc(C(=O)N[C@@H](C(=O)N3CC(C#N)C3)C3CC3)c2n1. The lowest BCUT2D eigenvalue weighted by atomic mass is 9.99. The zero-order valence-corrected chi connectivity index (χ0v) is 19.7. The van der Waals surface area contributed by atoms with E-state index in [2.05, 4.69) is 31.7 Å². The Balaban J connectivity index is 1.39. The molecule has 2 aliphatic rings. The van der Waals surface area contributed by atoms with Gasteiger partial charge in [-0.3, -0.25) is 15.0 Å². The number of H-pyrrole nitrogens is 1. The molecule has 0 spiro atoms. The first-order valence-electron chi connectivity index (χ1n) is 11.3. The molecule has 35 heavy (non-hydrogen) atoms. The molecule has 1 atom stereocenters. The van der Waals surface area contributed by atoms with Gasteiger partial charge in [0.1, 0.15) is 17.3 Å². The fourth-order valence-corrected chi connectivity index (χ4v) is 4.40. The molecule has 1 saturated carbocycles. The molecule has 11 heteroatoms. The van der Waals surface area contributed by atoms with Crippen LogP contribution in [0.1, 0.15) is 34.5 Å². The predicted octanol–water partition coefficient (Wildman–Crippen LogP) is 2.56. The Bertz CT molecular complexity index is 1380. The number of halogens is 1. The summed E-state index contributed by atoms with van der Waals surface area (Å²) in [5.74, 6) is -0.629. The van der Waals surface area contributed by atoms with Crippen molar-refractivity contribution in [2.24, 2.45) is 11.8 Å². The van der Waals surface area contributed by atoms with Gasteiger partial charge in [-0.1, -0.05) is 11.6 Å². The number of hydrogen-bond acceptors (Lipinski definition) is 7. The molecular weight excluding hydrogens is 468 g/mol. The number of hydrogen-bond donors (Lipinski definition) is 4. The van der Waals surface area contributed by atoms with Crippen molar-refractivity contribution in [2.75, 3.05) is 25.5 Å². The van der Waals surface area contributed by atoms with E-state index in [-0.39, 0.29) is 29.0 Å². The first-order chi connectivity index (χ1) is 16.9. The fourth-order valence-electron chi connectivity index (χ4n) is 4.23. The van der Waals surface area contributed by atoms with Crippen molar-refractivity contribution in [3.05, 3.63) is 52.4 Å². The van der Waals surface area contributed by atoms with Gasteiger partial charge in [0.25, 0.3) is 5.91 Å². The highest BCUT2D eigenvalue weighted by molar-refractivity contribution is 6.31. The van der Waals surface area contributed by atoms with Crippen molar-refractivity contribution in [1.29, 1.82) is 10.7 Å². The maximum absolute atomic E-state index is 13.2. The number of nitrogens with one attached hydrogen (secondary N) is 4. The van der Waals surface area contributed by atoms with Gasteiger partial charge in [-0.05, 0) is 37.0 Å². The Hall–Kier alpha value is -3.97. The minimum atomic E-state index is -0.631. The van der Waals surface area contributed by atoms with Crippen LogP contribution in [-0.4, -0.2) is 63.6 Å². The number of nitriles is 1. The zero-order valence-electron chi connectivity index (χ0n) is 18.9. The summed E-state index contributed by atoms with van der Waals surface area (Å²) < 4.78 is 0. The summed E-state index contributed by atoms with van der Waals surface area (Å²) in [6.07, 6.45) is 4.73. The number of rotatable bonds is 7. The van der Waals surface area contributed by atoms with Crippen LogP contribution < -0.4 is 10.6 Å². The third-order valence-electron chi connectivity index (χ3n) is 6.42. The van der Waals surface area contributed by atoms with Gasteiger partial charge < -0.3 is 20.5 Å². The molecule has 10 nitrogen and oxygen atoms in total. The van der Waals surface area contributed by atoms with Gasteiger partial charge in [0.05, 0.1) is 29.5 Å². The van der Waals surface area contributed by atoms with Crippen LogP contribution in [0.3, 0.4) is 0 Å². The lowest BCUT2D eigenvalue weighted by molar-refractivity contribution is -0.138. The second-order valence-electron chi connectivity index (χ2n) is 8.83. The average molecular weight is 491 g/mol. The number of carbonyl (C=O) groups is 2. The van der Waals surface area contributed by atoms with Crippen LogP contribution in [0.5, 0.6) is 0 Å². The topological polar surface area (TPSA) is 151 Å². The van der Waals surface area contributed by atoms with Crippen molar-refractivity contribution < 1.29 is 9.59 Å². The van der Waals surface area contributed by atoms with E-state index in [0.29, 0.717) is 46.2 Å². The van der Waals surface area contributed by atoms with Crippen molar-refractivity contribution in [3.8, 4) is 6.07 Å². The lowest BCUT2D eigenvalue weighted by Gasteiger charge is -2.37. The predicted molar refractivity (Wildman–Crippen MR) is 130 cm³/mol. The standard InChI is InChI=1S/C24H23ClN8O2/c1-28-17-6-14(25)4-5-15(17)19(27)18-9-30-22-21(31-18)16(8-29-22)23(34)32-20(13-2-3-13)24(35)33-10-12(7-26)11-33/h4-6,8-9,12-13,20,27-28H,2-3,10-11H2,1H3,(H,29,30)(H,32,34)/t20-/m1/s1. The zero-order chi connectivity index (χ0) is 24.7. The molecule has 2 fully saturated rings. The Kier molecular flexibility index (Phi) is 5.86. The molecule has 1 aliphatic carbocycles. The molecule has 3 aromatic rings. The molecule has 3 heterocycles. The number of nitrogens with zero attached hydrogens (tertiary/aromatic N) is 4. The number of likely N-dealkylation sites (tertiary alicyclic amines) is 1. The number of benzene rings is 1. The van der Waals surface area contributed by atoms with E-state index < -0.39 is 11.9 Å². The van der Waals surface area contributed by atoms with Gasteiger partial charge in [-0.25, -0.2) is 9.97 Å². The summed E-state index contributed by atoms with van der Waals surface area (Å²) in [4.78, 5) is 39.6. The molecule has 1 aliphatic heterocycles. The van der Waals surface area contributed by atoms with E-state index in [1.807, 2.05) is 0 Å². The second-order valence-corrected chi connectivity index (χ2v) is 9.26. The van der Waals surface area contributed by atoms with Gasteiger partial charge in [0.15, 0.2) is 5.65 Å². The van der Waals surface area contributed by atoms with Crippen LogP contribution in [0.2, 0.25) is 5.02 Å². The molecule has 4 N–H and O–H groups in total. The van der Waals surface area contributed by atoms with Gasteiger partial charge >= 0.3 is 0 Å². The Morgan fingerprint density at radius 1 is 1.31 bits per heavy atom. The number of carbonyl (C=O) groups excluding carboxylic acids is 2. The summed E-state index contributed by atoms with van der Waals surface area (Å²) >= 11 is 6.07. The molecule has 0 radical (unpaired) electrons. The van der Waals surface area contributed by atoms with Crippen LogP contribution in [0.25, 0.3) is 11.2 Å². The highest BCUT2D eigenvalue weighted by atomic mass is 35.5. The number of anilines is 1. The van der Waals surface area contributed by atoms with E-state index in [1.54, 1.807) is 30.1 Å². The van der Waals surface area contributed by atoms with Crippen LogP contribution in [-0.2, 0) is 4.79 Å². The van der Waals surface area contributed by atoms with E-state index in [9.17, 15) is 9.59 Å². The molecule has 1 saturated heterocycles. The Morgan fingerprint density at radius 3 is 2.77 bits per heavy atom. The van der Waals surface area contributed by atoms with Crippen LogP contribution in [0.15, 0.2) is 30.6 Å². The Morgan fingerprint density at radius 2 is 2.09 bits per heavy atom. The quantitative estimate of drug-likeness (QED) is 0.374. The van der Waals surface area contributed by atoms with Crippen molar-refractivity contribution in [3.63, 3.8) is 0 Å². The van der Waals surface area contributed by atoms with Gasteiger partial charge in [0, 0.05) is 42.6 Å². The molecule has 0 unspecified atom stereocenters. The molecule has 1 aromatic carbocycles. The number of amides is 2. The summed E-state index contributed by atoms with van der Waals surface area (Å²) in [6, 6.07) is 6.67.